The summed E-state index contributed by atoms with van der Waals surface area (Å²) in [5.74, 6) is 1.26. The van der Waals surface area contributed by atoms with Gasteiger partial charge in [0, 0.05) is 19.3 Å². The third-order valence-corrected chi connectivity index (χ3v) is 4.75. The van der Waals surface area contributed by atoms with Crippen LogP contribution in [-0.4, -0.2) is 48.9 Å². The Morgan fingerprint density at radius 2 is 2.04 bits per heavy atom. The van der Waals surface area contributed by atoms with Crippen LogP contribution in [0.4, 0.5) is 16.2 Å². The predicted octanol–water partition coefficient (Wildman–Crippen LogP) is 2.78. The number of aromatic nitrogens is 2. The van der Waals surface area contributed by atoms with Gasteiger partial charge in [-0.05, 0) is 36.6 Å². The number of halogens is 1. The normalized spacial score (nSPS) is 23.7. The third-order valence-electron chi connectivity index (χ3n) is 4.75. The summed E-state index contributed by atoms with van der Waals surface area (Å²) < 4.78 is 24.5. The molecular weight excluding hydrogens is 335 g/mol. The number of rotatable bonds is 4. The lowest BCUT2D eigenvalue weighted by molar-refractivity contribution is 0.0392. The van der Waals surface area contributed by atoms with E-state index in [0.29, 0.717) is 31.7 Å². The molecule has 2 atom stereocenters. The smallest absolute Gasteiger partial charge is 0.227 e. The fourth-order valence-electron chi connectivity index (χ4n) is 3.35. The zero-order valence-electron chi connectivity index (χ0n) is 14.6. The van der Waals surface area contributed by atoms with Crippen molar-refractivity contribution in [1.82, 2.24) is 9.97 Å². The maximum atomic E-state index is 13.1. The van der Waals surface area contributed by atoms with E-state index in [1.807, 2.05) is 6.07 Å². The summed E-state index contributed by atoms with van der Waals surface area (Å²) in [4.78, 5) is 11.2. The van der Waals surface area contributed by atoms with E-state index in [0.717, 1.165) is 37.4 Å². The Morgan fingerprint density at radius 1 is 1.15 bits per heavy atom. The summed E-state index contributed by atoms with van der Waals surface area (Å²) in [6.07, 6.45) is 3.81. The van der Waals surface area contributed by atoms with Gasteiger partial charge in [0.1, 0.15) is 17.7 Å². The molecule has 138 valence electrons. The van der Waals surface area contributed by atoms with Crippen LogP contribution in [0.2, 0.25) is 0 Å². The summed E-state index contributed by atoms with van der Waals surface area (Å²) in [5, 5.41) is 3.43. The minimum absolute atomic E-state index is 0.115. The minimum Gasteiger partial charge on any atom is -0.379 e. The molecule has 3 heterocycles. The summed E-state index contributed by atoms with van der Waals surface area (Å²) in [7, 11) is 0. The third kappa shape index (κ3) is 4.11. The molecule has 7 heteroatoms. The van der Waals surface area contributed by atoms with Crippen molar-refractivity contribution in [3.05, 3.63) is 47.9 Å². The van der Waals surface area contributed by atoms with Gasteiger partial charge in [-0.25, -0.2) is 9.37 Å². The molecule has 2 aliphatic rings. The van der Waals surface area contributed by atoms with Crippen LogP contribution in [0.25, 0.3) is 0 Å². The van der Waals surface area contributed by atoms with Gasteiger partial charge < -0.3 is 19.7 Å². The van der Waals surface area contributed by atoms with Crippen molar-refractivity contribution in [1.29, 1.82) is 0 Å². The molecule has 2 saturated heterocycles. The van der Waals surface area contributed by atoms with Gasteiger partial charge in [-0.1, -0.05) is 12.1 Å². The van der Waals surface area contributed by atoms with E-state index in [9.17, 15) is 4.39 Å². The van der Waals surface area contributed by atoms with Crippen molar-refractivity contribution in [3.8, 4) is 0 Å². The Balaban J connectivity index is 1.44. The zero-order chi connectivity index (χ0) is 17.8. The van der Waals surface area contributed by atoms with Crippen LogP contribution >= 0.6 is 0 Å². The molecule has 26 heavy (non-hydrogen) atoms. The maximum absolute atomic E-state index is 13.1. The largest absolute Gasteiger partial charge is 0.379 e. The number of hydrogen-bond acceptors (Lipinski definition) is 6. The fourth-order valence-corrected chi connectivity index (χ4v) is 3.35. The van der Waals surface area contributed by atoms with Crippen LogP contribution in [0.3, 0.4) is 0 Å². The average molecular weight is 358 g/mol. The van der Waals surface area contributed by atoms with Crippen LogP contribution in [0.1, 0.15) is 24.5 Å². The molecule has 6 nitrogen and oxygen atoms in total. The Bertz CT molecular complexity index is 722. The summed E-state index contributed by atoms with van der Waals surface area (Å²) in [6, 6.07) is 8.64. The summed E-state index contributed by atoms with van der Waals surface area (Å²) >= 11 is 0. The zero-order valence-corrected chi connectivity index (χ0v) is 14.6. The molecular formula is C19H23FN4O2. The van der Waals surface area contributed by atoms with E-state index < -0.39 is 0 Å². The highest BCUT2D eigenvalue weighted by molar-refractivity contribution is 5.42. The molecule has 0 aliphatic carbocycles. The van der Waals surface area contributed by atoms with Crippen molar-refractivity contribution in [2.24, 2.45) is 0 Å². The molecule has 1 aromatic heterocycles. The van der Waals surface area contributed by atoms with Gasteiger partial charge >= 0.3 is 0 Å². The minimum atomic E-state index is -0.241. The van der Waals surface area contributed by atoms with Crippen molar-refractivity contribution in [3.63, 3.8) is 0 Å². The number of morpholine rings is 1. The Kier molecular flexibility index (Phi) is 5.26. The number of benzene rings is 1. The van der Waals surface area contributed by atoms with Crippen LogP contribution in [0, 0.1) is 5.82 Å². The standard InChI is InChI=1S/C19H23FN4O2/c20-15-5-3-14(4-6-15)17-12-24(9-11-26-17)19-21-8-7-18(23-19)22-16-2-1-10-25-13-16/h3-8,16-17H,1-2,9-13H2,(H,21,22,23). The first-order chi connectivity index (χ1) is 12.8. The van der Waals surface area contributed by atoms with E-state index in [4.69, 9.17) is 9.47 Å². The molecule has 2 aliphatic heterocycles. The van der Waals surface area contributed by atoms with Crippen LogP contribution in [-0.2, 0) is 9.47 Å². The molecule has 0 saturated carbocycles. The monoisotopic (exact) mass is 358 g/mol. The van der Waals surface area contributed by atoms with Gasteiger partial charge in [-0.3, -0.25) is 0 Å². The lowest BCUT2D eigenvalue weighted by Gasteiger charge is -2.33. The second-order valence-corrected chi connectivity index (χ2v) is 6.66. The molecule has 2 aromatic rings. The van der Waals surface area contributed by atoms with Gasteiger partial charge in [0.25, 0.3) is 0 Å². The van der Waals surface area contributed by atoms with E-state index in [1.54, 1.807) is 18.3 Å². The van der Waals surface area contributed by atoms with E-state index in [2.05, 4.69) is 20.2 Å². The van der Waals surface area contributed by atoms with Gasteiger partial charge in [0.2, 0.25) is 5.95 Å². The van der Waals surface area contributed by atoms with Gasteiger partial charge in [0.15, 0.2) is 0 Å². The van der Waals surface area contributed by atoms with E-state index in [1.165, 1.54) is 12.1 Å². The van der Waals surface area contributed by atoms with Gasteiger partial charge in [0.05, 0.1) is 25.8 Å². The lowest BCUT2D eigenvalue weighted by Crippen LogP contribution is -2.39. The first-order valence-electron chi connectivity index (χ1n) is 9.07. The highest BCUT2D eigenvalue weighted by Crippen LogP contribution is 2.25. The quantitative estimate of drug-likeness (QED) is 0.907. The molecule has 1 N–H and O–H groups in total. The molecule has 0 radical (unpaired) electrons. The Hall–Kier alpha value is -2.25. The van der Waals surface area contributed by atoms with Crippen molar-refractivity contribution in [2.45, 2.75) is 25.0 Å². The second kappa shape index (κ2) is 7.97. The van der Waals surface area contributed by atoms with Crippen molar-refractivity contribution < 1.29 is 13.9 Å². The predicted molar refractivity (Wildman–Crippen MR) is 96.8 cm³/mol. The molecule has 0 amide bonds. The van der Waals surface area contributed by atoms with Crippen molar-refractivity contribution >= 4 is 11.8 Å². The first-order valence-corrected chi connectivity index (χ1v) is 9.07. The number of anilines is 2. The average Bonchev–Trinajstić information content (AvgIpc) is 2.70. The first kappa shape index (κ1) is 17.2. The van der Waals surface area contributed by atoms with Crippen LogP contribution in [0.5, 0.6) is 0 Å². The van der Waals surface area contributed by atoms with Crippen LogP contribution in [0.15, 0.2) is 36.5 Å². The molecule has 1 aromatic carbocycles. The van der Waals surface area contributed by atoms with Crippen LogP contribution < -0.4 is 10.2 Å². The van der Waals surface area contributed by atoms with E-state index >= 15 is 0 Å². The van der Waals surface area contributed by atoms with E-state index in [-0.39, 0.29) is 11.9 Å². The highest BCUT2D eigenvalue weighted by Gasteiger charge is 2.24. The molecule has 2 unspecified atom stereocenters. The molecule has 2 fully saturated rings. The lowest BCUT2D eigenvalue weighted by atomic mass is 10.1. The maximum Gasteiger partial charge on any atom is 0.227 e. The Morgan fingerprint density at radius 3 is 2.85 bits per heavy atom. The molecule has 0 spiro atoms. The SMILES string of the molecule is Fc1ccc(C2CN(c3nccc(NC4CCCOC4)n3)CCO2)cc1. The highest BCUT2D eigenvalue weighted by atomic mass is 19.1. The second-order valence-electron chi connectivity index (χ2n) is 6.66. The number of ether oxygens (including phenoxy) is 2. The Labute approximate surface area is 152 Å². The van der Waals surface area contributed by atoms with Gasteiger partial charge in [-0.15, -0.1) is 0 Å². The fraction of sp³-hybridized carbons (Fsp3) is 0.474. The van der Waals surface area contributed by atoms with Crippen molar-refractivity contribution in [2.75, 3.05) is 43.1 Å². The topological polar surface area (TPSA) is 59.5 Å². The number of nitrogens with zero attached hydrogens (tertiary/aromatic N) is 3. The van der Waals surface area contributed by atoms with Gasteiger partial charge in [-0.2, -0.15) is 4.98 Å². The molecule has 4 rings (SSSR count). The number of hydrogen-bond donors (Lipinski definition) is 1. The number of nitrogens with one attached hydrogen (secondary N) is 1. The summed E-state index contributed by atoms with van der Waals surface area (Å²) in [5.41, 5.74) is 0.963. The molecule has 0 bridgehead atoms. The summed E-state index contributed by atoms with van der Waals surface area (Å²) in [6.45, 7) is 3.50.